The van der Waals surface area contributed by atoms with Crippen molar-refractivity contribution in [1.29, 1.82) is 0 Å². The molecule has 1 atom stereocenters. The van der Waals surface area contributed by atoms with Crippen molar-refractivity contribution in [1.82, 2.24) is 19.4 Å². The van der Waals surface area contributed by atoms with Crippen LogP contribution in [-0.4, -0.2) is 58.1 Å². The molecule has 4 rings (SSSR count). The molecule has 128 valence electrons. The molecule has 2 aromatic heterocycles. The Labute approximate surface area is 140 Å². The Balaban J connectivity index is 1.58. The van der Waals surface area contributed by atoms with Crippen LogP contribution in [0.1, 0.15) is 23.1 Å². The van der Waals surface area contributed by atoms with Gasteiger partial charge in [-0.25, -0.2) is 4.98 Å². The summed E-state index contributed by atoms with van der Waals surface area (Å²) in [5, 5.41) is 0. The first kappa shape index (κ1) is 15.4. The summed E-state index contributed by atoms with van der Waals surface area (Å²) in [6.45, 7) is 4.68. The molecule has 1 saturated heterocycles. The number of amides is 1. The second-order valence-corrected chi connectivity index (χ2v) is 6.43. The minimum atomic E-state index is -0.186. The summed E-state index contributed by atoms with van der Waals surface area (Å²) in [6, 6.07) is 3.86. The third-order valence-corrected chi connectivity index (χ3v) is 4.79. The number of carbonyl (C=O) groups excluding carboxylic acids is 1. The number of morpholine rings is 1. The summed E-state index contributed by atoms with van der Waals surface area (Å²) in [7, 11) is 1.97. The van der Waals surface area contributed by atoms with Gasteiger partial charge < -0.3 is 18.6 Å². The molecule has 2 aromatic rings. The lowest BCUT2D eigenvalue weighted by molar-refractivity contribution is -0.138. The lowest BCUT2D eigenvalue weighted by atomic mass is 9.96. The van der Waals surface area contributed by atoms with E-state index in [0.717, 1.165) is 23.7 Å². The molecule has 2 aliphatic heterocycles. The second-order valence-electron chi connectivity index (χ2n) is 6.43. The molecule has 2 aliphatic rings. The van der Waals surface area contributed by atoms with E-state index in [4.69, 9.17) is 9.15 Å². The molecule has 0 N–H and O–H groups in total. The topological polar surface area (TPSA) is 63.7 Å². The van der Waals surface area contributed by atoms with E-state index in [1.807, 2.05) is 28.6 Å². The third-order valence-electron chi connectivity index (χ3n) is 4.79. The quantitative estimate of drug-likeness (QED) is 0.839. The minimum Gasteiger partial charge on any atom is -0.468 e. The Morgan fingerprint density at radius 3 is 2.96 bits per heavy atom. The van der Waals surface area contributed by atoms with Crippen molar-refractivity contribution < 1.29 is 13.9 Å². The van der Waals surface area contributed by atoms with E-state index in [9.17, 15) is 4.79 Å². The Morgan fingerprint density at radius 1 is 1.38 bits per heavy atom. The van der Waals surface area contributed by atoms with Gasteiger partial charge in [0.05, 0.1) is 49.7 Å². The van der Waals surface area contributed by atoms with Crippen LogP contribution < -0.4 is 0 Å². The van der Waals surface area contributed by atoms with Gasteiger partial charge >= 0.3 is 0 Å². The van der Waals surface area contributed by atoms with Gasteiger partial charge in [-0.1, -0.05) is 0 Å². The number of fused-ring (bicyclic) bond motifs is 1. The number of hydrogen-bond acceptors (Lipinski definition) is 5. The van der Waals surface area contributed by atoms with Gasteiger partial charge in [-0.05, 0) is 12.1 Å². The molecule has 4 heterocycles. The molecular formula is C17H22N4O3. The highest BCUT2D eigenvalue weighted by molar-refractivity contribution is 5.84. The average Bonchev–Trinajstić information content (AvgIpc) is 3.25. The Hall–Kier alpha value is -2.12. The van der Waals surface area contributed by atoms with Crippen LogP contribution in [-0.2, 0) is 29.7 Å². The van der Waals surface area contributed by atoms with Gasteiger partial charge in [0.1, 0.15) is 5.76 Å². The van der Waals surface area contributed by atoms with E-state index in [-0.39, 0.29) is 11.8 Å². The molecule has 7 nitrogen and oxygen atoms in total. The van der Waals surface area contributed by atoms with Gasteiger partial charge in [-0.3, -0.25) is 9.69 Å². The van der Waals surface area contributed by atoms with E-state index >= 15 is 0 Å². The number of rotatable bonds is 3. The highest BCUT2D eigenvalue weighted by Gasteiger charge is 2.36. The molecule has 7 heteroatoms. The number of nitrogens with zero attached hydrogens (tertiary/aromatic N) is 4. The van der Waals surface area contributed by atoms with Crippen molar-refractivity contribution in [3.8, 4) is 0 Å². The Morgan fingerprint density at radius 2 is 2.21 bits per heavy atom. The maximum atomic E-state index is 13.1. The fraction of sp³-hybridized carbons (Fsp3) is 0.529. The molecule has 0 spiro atoms. The van der Waals surface area contributed by atoms with Crippen LogP contribution in [0.4, 0.5) is 0 Å². The molecule has 1 fully saturated rings. The second kappa shape index (κ2) is 6.41. The van der Waals surface area contributed by atoms with Crippen LogP contribution in [0.2, 0.25) is 0 Å². The number of aryl methyl sites for hydroxylation is 1. The number of imidazole rings is 1. The molecule has 1 unspecified atom stereocenters. The maximum Gasteiger partial charge on any atom is 0.233 e. The number of hydrogen-bond donors (Lipinski definition) is 0. The van der Waals surface area contributed by atoms with E-state index < -0.39 is 0 Å². The molecule has 0 bridgehead atoms. The zero-order chi connectivity index (χ0) is 16.5. The number of ether oxygens (including phenoxy) is 1. The van der Waals surface area contributed by atoms with Crippen LogP contribution >= 0.6 is 0 Å². The SMILES string of the molecule is Cn1cnc2c1C(C(=O)N1CCOCC1)CN(Cc1ccco1)C2. The van der Waals surface area contributed by atoms with Crippen molar-refractivity contribution in [2.75, 3.05) is 32.8 Å². The summed E-state index contributed by atoms with van der Waals surface area (Å²) >= 11 is 0. The standard InChI is InChI=1S/C17H22N4O3/c1-19-12-18-15-11-20(9-13-3-2-6-24-13)10-14(16(15)19)17(22)21-4-7-23-8-5-21/h2-3,6,12,14H,4-5,7-11H2,1H3. The van der Waals surface area contributed by atoms with Crippen molar-refractivity contribution in [3.63, 3.8) is 0 Å². The smallest absolute Gasteiger partial charge is 0.233 e. The average molecular weight is 330 g/mol. The molecule has 0 radical (unpaired) electrons. The first-order valence-electron chi connectivity index (χ1n) is 8.33. The third kappa shape index (κ3) is 2.85. The first-order valence-corrected chi connectivity index (χ1v) is 8.33. The van der Waals surface area contributed by atoms with E-state index in [2.05, 4.69) is 9.88 Å². The Kier molecular flexibility index (Phi) is 4.12. The molecule has 0 aromatic carbocycles. The van der Waals surface area contributed by atoms with E-state index in [1.165, 1.54) is 0 Å². The van der Waals surface area contributed by atoms with Gasteiger partial charge in [0.2, 0.25) is 5.91 Å². The number of carbonyl (C=O) groups is 1. The van der Waals surface area contributed by atoms with Gasteiger partial charge in [-0.15, -0.1) is 0 Å². The van der Waals surface area contributed by atoms with Crippen LogP contribution in [0.15, 0.2) is 29.1 Å². The predicted molar refractivity (Wildman–Crippen MR) is 86.2 cm³/mol. The normalized spacial score (nSPS) is 21.7. The number of aromatic nitrogens is 2. The van der Waals surface area contributed by atoms with Gasteiger partial charge in [0.25, 0.3) is 0 Å². The summed E-state index contributed by atoms with van der Waals surface area (Å²) in [5.41, 5.74) is 2.03. The summed E-state index contributed by atoms with van der Waals surface area (Å²) < 4.78 is 12.8. The molecule has 0 aliphatic carbocycles. The molecule has 24 heavy (non-hydrogen) atoms. The van der Waals surface area contributed by atoms with Crippen LogP contribution in [0.25, 0.3) is 0 Å². The lowest BCUT2D eigenvalue weighted by Gasteiger charge is -2.36. The maximum absolute atomic E-state index is 13.1. The van der Waals surface area contributed by atoms with Crippen molar-refractivity contribution >= 4 is 5.91 Å². The largest absolute Gasteiger partial charge is 0.468 e. The van der Waals surface area contributed by atoms with Gasteiger partial charge in [-0.2, -0.15) is 0 Å². The monoisotopic (exact) mass is 330 g/mol. The van der Waals surface area contributed by atoms with E-state index in [1.54, 1.807) is 12.6 Å². The van der Waals surface area contributed by atoms with Gasteiger partial charge in [0, 0.05) is 33.2 Å². The van der Waals surface area contributed by atoms with E-state index in [0.29, 0.717) is 39.4 Å². The zero-order valence-corrected chi connectivity index (χ0v) is 13.9. The van der Waals surface area contributed by atoms with Crippen LogP contribution in [0, 0.1) is 0 Å². The molecule has 0 saturated carbocycles. The van der Waals surface area contributed by atoms with Crippen molar-refractivity contribution in [2.45, 2.75) is 19.0 Å². The summed E-state index contributed by atoms with van der Waals surface area (Å²) in [5.74, 6) is 0.897. The van der Waals surface area contributed by atoms with Crippen LogP contribution in [0.5, 0.6) is 0 Å². The zero-order valence-electron chi connectivity index (χ0n) is 13.9. The molecular weight excluding hydrogens is 308 g/mol. The fourth-order valence-corrected chi connectivity index (χ4v) is 3.62. The van der Waals surface area contributed by atoms with Gasteiger partial charge in [0.15, 0.2) is 0 Å². The highest BCUT2D eigenvalue weighted by atomic mass is 16.5. The minimum absolute atomic E-state index is 0.173. The highest BCUT2D eigenvalue weighted by Crippen LogP contribution is 2.30. The first-order chi connectivity index (χ1) is 11.7. The fourth-order valence-electron chi connectivity index (χ4n) is 3.62. The van der Waals surface area contributed by atoms with Crippen molar-refractivity contribution in [3.05, 3.63) is 41.9 Å². The predicted octanol–water partition coefficient (Wildman–Crippen LogP) is 0.971. The Bertz CT molecular complexity index is 703. The van der Waals surface area contributed by atoms with Crippen molar-refractivity contribution in [2.24, 2.45) is 7.05 Å². The lowest BCUT2D eigenvalue weighted by Crippen LogP contribution is -2.47. The summed E-state index contributed by atoms with van der Waals surface area (Å²) in [4.78, 5) is 21.8. The van der Waals surface area contributed by atoms with Crippen LogP contribution in [0.3, 0.4) is 0 Å². The molecule has 1 amide bonds. The number of furan rings is 1. The summed E-state index contributed by atoms with van der Waals surface area (Å²) in [6.07, 6.45) is 3.49.